The molecular formula is C22H29N7O. The van der Waals surface area contributed by atoms with Gasteiger partial charge in [-0.05, 0) is 25.0 Å². The summed E-state index contributed by atoms with van der Waals surface area (Å²) in [6, 6.07) is 2.00. The minimum Gasteiger partial charge on any atom is -0.493 e. The van der Waals surface area contributed by atoms with Crippen LogP contribution < -0.4 is 10.1 Å². The minimum atomic E-state index is 0.273. The van der Waals surface area contributed by atoms with Crippen molar-refractivity contribution in [2.24, 2.45) is 4.99 Å². The lowest BCUT2D eigenvalue weighted by Gasteiger charge is -2.29. The van der Waals surface area contributed by atoms with Gasteiger partial charge in [-0.25, -0.2) is 14.5 Å². The molecule has 0 aliphatic carbocycles. The lowest BCUT2D eigenvalue weighted by Crippen LogP contribution is -2.45. The van der Waals surface area contributed by atoms with E-state index in [-0.39, 0.29) is 5.92 Å². The van der Waals surface area contributed by atoms with Crippen LogP contribution in [0, 0.1) is 6.92 Å². The molecular weight excluding hydrogens is 378 g/mol. The molecule has 1 fully saturated rings. The van der Waals surface area contributed by atoms with Crippen LogP contribution in [0.4, 0.5) is 5.69 Å². The summed E-state index contributed by atoms with van der Waals surface area (Å²) in [7, 11) is 1.65. The molecule has 1 saturated heterocycles. The maximum absolute atomic E-state index is 5.56. The molecule has 4 heterocycles. The van der Waals surface area contributed by atoms with Crippen molar-refractivity contribution in [2.75, 3.05) is 33.3 Å². The maximum atomic E-state index is 5.56. The van der Waals surface area contributed by atoms with Crippen molar-refractivity contribution in [3.63, 3.8) is 0 Å². The topological polar surface area (TPSA) is 82.8 Å². The normalized spacial score (nSPS) is 15.2. The van der Waals surface area contributed by atoms with E-state index in [0.717, 1.165) is 54.7 Å². The predicted molar refractivity (Wildman–Crippen MR) is 120 cm³/mol. The van der Waals surface area contributed by atoms with Gasteiger partial charge in [-0.15, -0.1) is 0 Å². The number of ether oxygens (including phenoxy) is 1. The molecule has 3 aromatic rings. The van der Waals surface area contributed by atoms with E-state index in [4.69, 9.17) is 9.73 Å². The number of H-pyrrole nitrogens is 1. The van der Waals surface area contributed by atoms with Crippen LogP contribution in [-0.4, -0.2) is 63.6 Å². The number of amidine groups is 1. The Hall–Kier alpha value is -3.13. The van der Waals surface area contributed by atoms with E-state index in [2.05, 4.69) is 52.6 Å². The molecule has 3 aromatic heterocycles. The molecule has 2 N–H and O–H groups in total. The van der Waals surface area contributed by atoms with E-state index in [1.54, 1.807) is 11.6 Å². The van der Waals surface area contributed by atoms with Crippen molar-refractivity contribution >= 4 is 17.2 Å². The summed E-state index contributed by atoms with van der Waals surface area (Å²) in [5.41, 5.74) is 5.89. The Morgan fingerprint density at radius 2 is 2.10 bits per heavy atom. The number of hydrogen-bond acceptors (Lipinski definition) is 5. The van der Waals surface area contributed by atoms with Crippen molar-refractivity contribution in [3.8, 4) is 17.0 Å². The smallest absolute Gasteiger partial charge is 0.197 e. The number of fused-ring (bicyclic) bond motifs is 1. The van der Waals surface area contributed by atoms with E-state index in [1.807, 2.05) is 18.3 Å². The van der Waals surface area contributed by atoms with Crippen molar-refractivity contribution in [2.45, 2.75) is 26.7 Å². The van der Waals surface area contributed by atoms with Gasteiger partial charge in [-0.1, -0.05) is 20.4 Å². The Morgan fingerprint density at radius 1 is 1.33 bits per heavy atom. The van der Waals surface area contributed by atoms with E-state index in [9.17, 15) is 0 Å². The minimum absolute atomic E-state index is 0.273. The second-order valence-corrected chi connectivity index (χ2v) is 7.78. The number of nitrogens with one attached hydrogen (secondary N) is 2. The number of methoxy groups -OCH3 is 1. The molecule has 4 rings (SSSR count). The van der Waals surface area contributed by atoms with Gasteiger partial charge < -0.3 is 19.9 Å². The molecule has 0 atom stereocenters. The van der Waals surface area contributed by atoms with Gasteiger partial charge >= 0.3 is 0 Å². The first-order valence-corrected chi connectivity index (χ1v) is 10.3. The predicted octanol–water partition coefficient (Wildman–Crippen LogP) is 3.29. The molecule has 30 heavy (non-hydrogen) atoms. The van der Waals surface area contributed by atoms with E-state index < -0.39 is 0 Å². The second-order valence-electron chi connectivity index (χ2n) is 7.78. The molecule has 0 unspecified atom stereocenters. The number of hydrogen-bond donors (Lipinski definition) is 2. The number of rotatable bonds is 5. The molecule has 0 amide bonds. The molecule has 8 heteroatoms. The summed E-state index contributed by atoms with van der Waals surface area (Å²) in [5, 5.41) is 7.68. The lowest BCUT2D eigenvalue weighted by atomic mass is 9.98. The van der Waals surface area contributed by atoms with Crippen molar-refractivity contribution in [1.29, 1.82) is 0 Å². The van der Waals surface area contributed by atoms with Crippen molar-refractivity contribution < 1.29 is 4.74 Å². The van der Waals surface area contributed by atoms with Gasteiger partial charge in [0.1, 0.15) is 12.2 Å². The average molecular weight is 408 g/mol. The number of aromatic nitrogens is 4. The largest absolute Gasteiger partial charge is 0.493 e. The molecule has 1 aliphatic rings. The van der Waals surface area contributed by atoms with Crippen LogP contribution in [0.2, 0.25) is 0 Å². The number of piperazine rings is 1. The van der Waals surface area contributed by atoms with Crippen LogP contribution in [0.5, 0.6) is 5.75 Å². The molecule has 8 nitrogen and oxygen atoms in total. The highest BCUT2D eigenvalue weighted by Crippen LogP contribution is 2.40. The molecule has 0 spiro atoms. The van der Waals surface area contributed by atoms with Crippen LogP contribution in [0.15, 0.2) is 36.2 Å². The summed E-state index contributed by atoms with van der Waals surface area (Å²) >= 11 is 0. The molecule has 0 saturated carbocycles. The first-order chi connectivity index (χ1) is 14.5. The third-order valence-corrected chi connectivity index (χ3v) is 5.47. The summed E-state index contributed by atoms with van der Waals surface area (Å²) in [4.78, 5) is 15.2. The second kappa shape index (κ2) is 8.31. The summed E-state index contributed by atoms with van der Waals surface area (Å²) < 4.78 is 7.30. The Labute approximate surface area is 176 Å². The van der Waals surface area contributed by atoms with Gasteiger partial charge in [0.2, 0.25) is 0 Å². The van der Waals surface area contributed by atoms with Gasteiger partial charge in [-0.2, -0.15) is 5.10 Å². The quantitative estimate of drug-likeness (QED) is 0.501. The van der Waals surface area contributed by atoms with E-state index in [1.165, 1.54) is 11.9 Å². The third kappa shape index (κ3) is 3.59. The summed E-state index contributed by atoms with van der Waals surface area (Å²) in [6.07, 6.45) is 5.36. The van der Waals surface area contributed by atoms with E-state index >= 15 is 0 Å². The average Bonchev–Trinajstić information content (AvgIpc) is 3.36. The first-order valence-electron chi connectivity index (χ1n) is 10.3. The van der Waals surface area contributed by atoms with Gasteiger partial charge in [0.05, 0.1) is 18.5 Å². The zero-order valence-electron chi connectivity index (χ0n) is 18.1. The Bertz CT molecular complexity index is 1090. The fraction of sp³-hybridized carbons (Fsp3) is 0.409. The van der Waals surface area contributed by atoms with Crippen molar-refractivity contribution in [3.05, 3.63) is 42.5 Å². The Kier molecular flexibility index (Phi) is 5.59. The molecule has 0 bridgehead atoms. The highest BCUT2D eigenvalue weighted by Gasteiger charge is 2.22. The third-order valence-electron chi connectivity index (χ3n) is 5.47. The van der Waals surface area contributed by atoms with E-state index in [0.29, 0.717) is 11.4 Å². The Morgan fingerprint density at radius 3 is 2.77 bits per heavy atom. The number of pyridine rings is 1. The zero-order chi connectivity index (χ0) is 21.3. The van der Waals surface area contributed by atoms with Gasteiger partial charge in [0, 0.05) is 49.2 Å². The SMILES string of the molecule is C=C/C(=N\c1c(C)[nH]c(-c2cc(OC)c3ncnn3c2)c1C(C)C)N1CCNCC1. The van der Waals surface area contributed by atoms with Crippen LogP contribution >= 0.6 is 0 Å². The van der Waals surface area contributed by atoms with Gasteiger partial charge in [0.25, 0.3) is 0 Å². The molecule has 1 aliphatic heterocycles. The maximum Gasteiger partial charge on any atom is 0.197 e. The van der Waals surface area contributed by atoms with Gasteiger partial charge in [-0.3, -0.25) is 0 Å². The molecule has 158 valence electrons. The standard InChI is InChI=1S/C22H29N7O/c1-6-18(28-9-7-23-8-10-28)27-20-15(4)26-21(19(20)14(2)3)16-11-17(30-5)22-24-13-25-29(22)12-16/h6,11-14,23,26H,1,7-10H2,2-5H3/b27-18+. The number of aromatic amines is 1. The molecule has 0 radical (unpaired) electrons. The summed E-state index contributed by atoms with van der Waals surface area (Å²) in [5.74, 6) is 1.87. The highest BCUT2D eigenvalue weighted by atomic mass is 16.5. The monoisotopic (exact) mass is 407 g/mol. The number of aryl methyl sites for hydroxylation is 1. The van der Waals surface area contributed by atoms with Crippen molar-refractivity contribution in [1.82, 2.24) is 29.8 Å². The highest BCUT2D eigenvalue weighted by molar-refractivity contribution is 5.95. The van der Waals surface area contributed by atoms with Crippen LogP contribution in [0.1, 0.15) is 31.0 Å². The summed E-state index contributed by atoms with van der Waals surface area (Å²) in [6.45, 7) is 14.2. The molecule has 0 aromatic carbocycles. The number of aliphatic imine (C=N–C) groups is 1. The Balaban J connectivity index is 1.85. The van der Waals surface area contributed by atoms with Crippen LogP contribution in [0.25, 0.3) is 16.9 Å². The zero-order valence-corrected chi connectivity index (χ0v) is 18.1. The number of nitrogens with zero attached hydrogens (tertiary/aromatic N) is 5. The van der Waals surface area contributed by atoms with Crippen LogP contribution in [-0.2, 0) is 0 Å². The fourth-order valence-electron chi connectivity index (χ4n) is 4.00. The van der Waals surface area contributed by atoms with Gasteiger partial charge in [0.15, 0.2) is 11.4 Å². The first kappa shape index (κ1) is 20.2. The lowest BCUT2D eigenvalue weighted by molar-refractivity contribution is 0.359. The fourth-order valence-corrected chi connectivity index (χ4v) is 4.00. The van der Waals surface area contributed by atoms with Crippen LogP contribution in [0.3, 0.4) is 0 Å².